The molecule has 0 aromatic heterocycles. The summed E-state index contributed by atoms with van der Waals surface area (Å²) in [6.45, 7) is 1.18. The number of rotatable bonds is 3. The quantitative estimate of drug-likeness (QED) is 0.846. The van der Waals surface area contributed by atoms with Gasteiger partial charge >= 0.3 is 6.03 Å². The van der Waals surface area contributed by atoms with Crippen molar-refractivity contribution in [1.29, 1.82) is 0 Å². The Morgan fingerprint density at radius 3 is 2.64 bits per heavy atom. The fourth-order valence-electron chi connectivity index (χ4n) is 3.19. The molecule has 2 heterocycles. The maximum atomic E-state index is 13.6. The fraction of sp³-hybridized carbons (Fsp3) is 0.263. The van der Waals surface area contributed by atoms with Gasteiger partial charge in [-0.15, -0.1) is 0 Å². The summed E-state index contributed by atoms with van der Waals surface area (Å²) in [7, 11) is 0. The molecular formula is C19H17F2N3O4. The number of hydrogen-bond donors (Lipinski definition) is 2. The van der Waals surface area contributed by atoms with Crippen LogP contribution in [0.2, 0.25) is 0 Å². The van der Waals surface area contributed by atoms with Crippen LogP contribution in [0.4, 0.5) is 25.0 Å². The van der Waals surface area contributed by atoms with E-state index in [-0.39, 0.29) is 24.6 Å². The maximum absolute atomic E-state index is 13.6. The van der Waals surface area contributed by atoms with Crippen molar-refractivity contribution in [3.8, 4) is 11.5 Å². The summed E-state index contributed by atoms with van der Waals surface area (Å²) in [5.41, 5.74) is 0.496. The first-order valence-corrected chi connectivity index (χ1v) is 8.72. The SMILES string of the molecule is O=C(Nc1ccc(F)cc1F)NC1CC(=O)N(c2ccc3c(c2)OCCO3)C1. The largest absolute Gasteiger partial charge is 0.486 e. The molecular weight excluding hydrogens is 372 g/mol. The van der Waals surface area contributed by atoms with Crippen LogP contribution in [0.5, 0.6) is 11.5 Å². The molecule has 1 fully saturated rings. The van der Waals surface area contributed by atoms with E-state index in [1.165, 1.54) is 0 Å². The van der Waals surface area contributed by atoms with Crippen molar-refractivity contribution < 1.29 is 27.8 Å². The molecule has 0 radical (unpaired) electrons. The zero-order valence-electron chi connectivity index (χ0n) is 14.7. The summed E-state index contributed by atoms with van der Waals surface area (Å²) < 4.78 is 37.6. The summed E-state index contributed by atoms with van der Waals surface area (Å²) in [5, 5.41) is 4.95. The van der Waals surface area contributed by atoms with Crippen molar-refractivity contribution in [1.82, 2.24) is 5.32 Å². The molecule has 0 aliphatic carbocycles. The summed E-state index contributed by atoms with van der Waals surface area (Å²) in [6, 6.07) is 6.94. The minimum atomic E-state index is -0.879. The van der Waals surface area contributed by atoms with E-state index in [2.05, 4.69) is 10.6 Å². The van der Waals surface area contributed by atoms with Gasteiger partial charge < -0.3 is 25.0 Å². The summed E-state index contributed by atoms with van der Waals surface area (Å²) in [6.07, 6.45) is 0.105. The molecule has 1 saturated heterocycles. The van der Waals surface area contributed by atoms with Gasteiger partial charge in [0, 0.05) is 30.8 Å². The summed E-state index contributed by atoms with van der Waals surface area (Å²) >= 11 is 0. The van der Waals surface area contributed by atoms with Crippen molar-refractivity contribution >= 4 is 23.3 Å². The highest BCUT2D eigenvalue weighted by atomic mass is 19.1. The number of benzene rings is 2. The minimum Gasteiger partial charge on any atom is -0.486 e. The van der Waals surface area contributed by atoms with Crippen LogP contribution in [0.25, 0.3) is 0 Å². The van der Waals surface area contributed by atoms with E-state index in [0.29, 0.717) is 36.5 Å². The number of anilines is 2. The average Bonchev–Trinajstić information content (AvgIpc) is 3.03. The molecule has 1 atom stereocenters. The lowest BCUT2D eigenvalue weighted by atomic mass is 10.2. The van der Waals surface area contributed by atoms with Gasteiger partial charge in [0.05, 0.1) is 11.7 Å². The molecule has 3 amide bonds. The lowest BCUT2D eigenvalue weighted by molar-refractivity contribution is -0.117. The smallest absolute Gasteiger partial charge is 0.319 e. The van der Waals surface area contributed by atoms with Gasteiger partial charge in [0.2, 0.25) is 5.91 Å². The Balaban J connectivity index is 1.40. The number of fused-ring (bicyclic) bond motifs is 1. The Morgan fingerprint density at radius 1 is 1.07 bits per heavy atom. The van der Waals surface area contributed by atoms with Gasteiger partial charge in [-0.1, -0.05) is 0 Å². The number of halogens is 2. The van der Waals surface area contributed by atoms with Crippen LogP contribution < -0.4 is 25.0 Å². The number of nitrogens with zero attached hydrogens (tertiary/aromatic N) is 1. The fourth-order valence-corrected chi connectivity index (χ4v) is 3.19. The van der Waals surface area contributed by atoms with Gasteiger partial charge in [0.15, 0.2) is 11.5 Å². The monoisotopic (exact) mass is 389 g/mol. The van der Waals surface area contributed by atoms with E-state index >= 15 is 0 Å². The Labute approximate surface area is 159 Å². The molecule has 1 unspecified atom stereocenters. The third-order valence-corrected chi connectivity index (χ3v) is 4.48. The Hall–Kier alpha value is -3.36. The summed E-state index contributed by atoms with van der Waals surface area (Å²) in [4.78, 5) is 26.0. The molecule has 2 aliphatic rings. The van der Waals surface area contributed by atoms with Crippen LogP contribution in [0.1, 0.15) is 6.42 Å². The number of amides is 3. The number of carbonyl (C=O) groups is 2. The third kappa shape index (κ3) is 3.68. The predicted octanol–water partition coefficient (Wildman–Crippen LogP) is 2.66. The molecule has 2 N–H and O–H groups in total. The van der Waals surface area contributed by atoms with Gasteiger partial charge in [-0.05, 0) is 24.3 Å². The molecule has 146 valence electrons. The number of ether oxygens (including phenoxy) is 2. The second-order valence-electron chi connectivity index (χ2n) is 6.46. The van der Waals surface area contributed by atoms with Crippen molar-refractivity contribution in [3.63, 3.8) is 0 Å². The highest BCUT2D eigenvalue weighted by Gasteiger charge is 2.32. The van der Waals surface area contributed by atoms with Crippen LogP contribution in [0.3, 0.4) is 0 Å². The topological polar surface area (TPSA) is 79.9 Å². The Morgan fingerprint density at radius 2 is 1.86 bits per heavy atom. The third-order valence-electron chi connectivity index (χ3n) is 4.48. The van der Waals surface area contributed by atoms with Gasteiger partial charge in [0.25, 0.3) is 0 Å². The Kier molecular flexibility index (Phi) is 4.72. The predicted molar refractivity (Wildman–Crippen MR) is 96.7 cm³/mol. The normalized spacial score (nSPS) is 18.1. The zero-order valence-corrected chi connectivity index (χ0v) is 14.7. The van der Waals surface area contributed by atoms with Crippen LogP contribution in [-0.4, -0.2) is 37.7 Å². The number of urea groups is 1. The number of carbonyl (C=O) groups excluding carboxylic acids is 2. The van der Waals surface area contributed by atoms with Gasteiger partial charge in [0.1, 0.15) is 24.8 Å². The van der Waals surface area contributed by atoms with Crippen molar-refractivity contribution in [2.24, 2.45) is 0 Å². The van der Waals surface area contributed by atoms with E-state index < -0.39 is 23.7 Å². The number of hydrogen-bond acceptors (Lipinski definition) is 4. The molecule has 9 heteroatoms. The van der Waals surface area contributed by atoms with Crippen LogP contribution in [-0.2, 0) is 4.79 Å². The average molecular weight is 389 g/mol. The lowest BCUT2D eigenvalue weighted by Crippen LogP contribution is -2.39. The van der Waals surface area contributed by atoms with Crippen LogP contribution >= 0.6 is 0 Å². The van der Waals surface area contributed by atoms with Crippen LogP contribution in [0.15, 0.2) is 36.4 Å². The summed E-state index contributed by atoms with van der Waals surface area (Å²) in [5.74, 6) is -0.583. The first-order chi connectivity index (χ1) is 13.5. The second-order valence-corrected chi connectivity index (χ2v) is 6.46. The zero-order chi connectivity index (χ0) is 19.7. The van der Waals surface area contributed by atoms with Gasteiger partial charge in [-0.2, -0.15) is 0 Å². The van der Waals surface area contributed by atoms with E-state index in [4.69, 9.17) is 9.47 Å². The second kappa shape index (κ2) is 7.34. The molecule has 0 saturated carbocycles. The van der Waals surface area contributed by atoms with Crippen molar-refractivity contribution in [3.05, 3.63) is 48.0 Å². The molecule has 4 rings (SSSR count). The van der Waals surface area contributed by atoms with Gasteiger partial charge in [-0.25, -0.2) is 13.6 Å². The molecule has 2 aliphatic heterocycles. The van der Waals surface area contributed by atoms with E-state index in [1.807, 2.05) is 0 Å². The Bertz CT molecular complexity index is 937. The molecule has 0 bridgehead atoms. The lowest BCUT2D eigenvalue weighted by Gasteiger charge is -2.22. The van der Waals surface area contributed by atoms with Gasteiger partial charge in [-0.3, -0.25) is 4.79 Å². The first kappa shape index (κ1) is 18.0. The van der Waals surface area contributed by atoms with Crippen molar-refractivity contribution in [2.75, 3.05) is 30.0 Å². The van der Waals surface area contributed by atoms with Crippen LogP contribution in [0, 0.1) is 11.6 Å². The highest BCUT2D eigenvalue weighted by Crippen LogP contribution is 2.35. The highest BCUT2D eigenvalue weighted by molar-refractivity contribution is 5.98. The van der Waals surface area contributed by atoms with E-state index in [1.54, 1.807) is 23.1 Å². The van der Waals surface area contributed by atoms with E-state index in [0.717, 1.165) is 12.1 Å². The maximum Gasteiger partial charge on any atom is 0.319 e. The molecule has 28 heavy (non-hydrogen) atoms. The van der Waals surface area contributed by atoms with E-state index in [9.17, 15) is 18.4 Å². The first-order valence-electron chi connectivity index (χ1n) is 8.72. The molecule has 7 nitrogen and oxygen atoms in total. The minimum absolute atomic E-state index is 0.105. The number of nitrogens with one attached hydrogen (secondary N) is 2. The van der Waals surface area contributed by atoms with Crippen molar-refractivity contribution in [2.45, 2.75) is 12.5 Å². The standard InChI is InChI=1S/C19H17F2N3O4/c20-11-1-3-15(14(21)7-11)23-19(26)22-12-8-18(25)24(10-12)13-2-4-16-17(9-13)28-6-5-27-16/h1-4,7,9,12H,5-6,8,10H2,(H2,22,23,26). The molecule has 2 aromatic carbocycles. The molecule has 0 spiro atoms. The molecule has 2 aromatic rings.